The zero-order valence-corrected chi connectivity index (χ0v) is 6.89. The number of hydrogen-bond donors (Lipinski definition) is 1. The molecule has 1 amide bonds. The number of aliphatic hydroxyl groups is 1. The molecule has 0 radical (unpaired) electrons. The Morgan fingerprint density at radius 1 is 1.36 bits per heavy atom. The van der Waals surface area contributed by atoms with Gasteiger partial charge in [0.1, 0.15) is 0 Å². The van der Waals surface area contributed by atoms with Gasteiger partial charge in [-0.1, -0.05) is 0 Å². The van der Waals surface area contributed by atoms with Crippen molar-refractivity contribution in [3.05, 3.63) is 0 Å². The van der Waals surface area contributed by atoms with Crippen LogP contribution in [-0.2, 0) is 4.79 Å². The molecule has 0 aromatic carbocycles. The number of carbonyl (C=O) groups excluding carboxylic acids is 1. The van der Waals surface area contributed by atoms with Gasteiger partial charge >= 0.3 is 12.1 Å². The van der Waals surface area contributed by atoms with Gasteiger partial charge in [-0.15, -0.1) is 0 Å². The molecule has 0 saturated carbocycles. The maximum absolute atomic E-state index is 11.8. The van der Waals surface area contributed by atoms with E-state index < -0.39 is 38.2 Å². The maximum Gasteiger partial charge on any atom is 0.471 e. The second-order valence-electron chi connectivity index (χ2n) is 2.36. The number of halogens is 5. The molecular weight excluding hydrogens is 213 g/mol. The Morgan fingerprint density at radius 3 is 2.14 bits per heavy atom. The molecule has 0 atom stereocenters. The van der Waals surface area contributed by atoms with Crippen molar-refractivity contribution in [2.45, 2.75) is 12.6 Å². The second-order valence-corrected chi connectivity index (χ2v) is 2.36. The summed E-state index contributed by atoms with van der Waals surface area (Å²) < 4.78 is 58.7. The third-order valence-electron chi connectivity index (χ3n) is 1.26. The molecule has 0 aromatic heterocycles. The van der Waals surface area contributed by atoms with E-state index in [0.29, 0.717) is 0 Å². The molecule has 84 valence electrons. The third kappa shape index (κ3) is 4.35. The SMILES string of the molecule is O=C(N(CCO)CC(F)F)C(F)(F)F. The van der Waals surface area contributed by atoms with Crippen LogP contribution in [0.2, 0.25) is 0 Å². The number of amides is 1. The molecule has 0 aromatic rings. The van der Waals surface area contributed by atoms with Crippen molar-refractivity contribution in [3.8, 4) is 0 Å². The van der Waals surface area contributed by atoms with E-state index in [0.717, 1.165) is 0 Å². The summed E-state index contributed by atoms with van der Waals surface area (Å²) in [7, 11) is 0. The Labute approximate surface area is 76.1 Å². The van der Waals surface area contributed by atoms with Crippen LogP contribution >= 0.6 is 0 Å². The summed E-state index contributed by atoms with van der Waals surface area (Å²) in [4.78, 5) is 10.3. The Balaban J connectivity index is 4.41. The van der Waals surface area contributed by atoms with Gasteiger partial charge in [-0.25, -0.2) is 8.78 Å². The monoisotopic (exact) mass is 221 g/mol. The average molecular weight is 221 g/mol. The van der Waals surface area contributed by atoms with Gasteiger partial charge in [0.25, 0.3) is 6.43 Å². The van der Waals surface area contributed by atoms with Crippen LogP contribution < -0.4 is 0 Å². The topological polar surface area (TPSA) is 40.5 Å². The van der Waals surface area contributed by atoms with E-state index in [9.17, 15) is 26.7 Å². The predicted molar refractivity (Wildman–Crippen MR) is 35.7 cm³/mol. The fourth-order valence-electron chi connectivity index (χ4n) is 0.742. The number of nitrogens with zero attached hydrogens (tertiary/aromatic N) is 1. The molecule has 0 aliphatic heterocycles. The van der Waals surface area contributed by atoms with Gasteiger partial charge < -0.3 is 10.0 Å². The molecule has 0 fully saturated rings. The van der Waals surface area contributed by atoms with E-state index in [-0.39, 0.29) is 4.90 Å². The summed E-state index contributed by atoms with van der Waals surface area (Å²) in [5, 5.41) is 8.26. The van der Waals surface area contributed by atoms with Gasteiger partial charge in [0.05, 0.1) is 13.2 Å². The Morgan fingerprint density at radius 2 is 1.86 bits per heavy atom. The molecule has 0 aliphatic carbocycles. The van der Waals surface area contributed by atoms with Gasteiger partial charge in [-0.3, -0.25) is 4.79 Å². The van der Waals surface area contributed by atoms with Gasteiger partial charge in [0, 0.05) is 6.54 Å². The first-order valence-electron chi connectivity index (χ1n) is 3.54. The highest BCUT2D eigenvalue weighted by Crippen LogP contribution is 2.18. The lowest BCUT2D eigenvalue weighted by Gasteiger charge is -2.22. The van der Waals surface area contributed by atoms with Crippen LogP contribution in [0, 0.1) is 0 Å². The second kappa shape index (κ2) is 5.08. The summed E-state index contributed by atoms with van der Waals surface area (Å²) in [6, 6.07) is 0. The normalized spacial score (nSPS) is 11.9. The zero-order valence-electron chi connectivity index (χ0n) is 6.89. The summed E-state index contributed by atoms with van der Waals surface area (Å²) in [6.45, 7) is -2.89. The Hall–Kier alpha value is -0.920. The van der Waals surface area contributed by atoms with Crippen LogP contribution in [-0.4, -0.2) is 48.2 Å². The lowest BCUT2D eigenvalue weighted by atomic mass is 10.4. The lowest BCUT2D eigenvalue weighted by Crippen LogP contribution is -2.44. The van der Waals surface area contributed by atoms with Crippen LogP contribution in [0.25, 0.3) is 0 Å². The van der Waals surface area contributed by atoms with E-state index in [4.69, 9.17) is 5.11 Å². The van der Waals surface area contributed by atoms with Crippen molar-refractivity contribution in [2.24, 2.45) is 0 Å². The van der Waals surface area contributed by atoms with Crippen LogP contribution in [0.1, 0.15) is 0 Å². The van der Waals surface area contributed by atoms with E-state index in [1.54, 1.807) is 0 Å². The summed E-state index contributed by atoms with van der Waals surface area (Å²) in [5.41, 5.74) is 0. The molecule has 14 heavy (non-hydrogen) atoms. The van der Waals surface area contributed by atoms with Gasteiger partial charge in [0.15, 0.2) is 0 Å². The number of aliphatic hydroxyl groups excluding tert-OH is 1. The fourth-order valence-corrected chi connectivity index (χ4v) is 0.742. The number of alkyl halides is 5. The van der Waals surface area contributed by atoms with Crippen molar-refractivity contribution in [3.63, 3.8) is 0 Å². The predicted octanol–water partition coefficient (Wildman–Crippen LogP) is 0.635. The third-order valence-corrected chi connectivity index (χ3v) is 1.26. The number of carbonyl (C=O) groups is 1. The largest absolute Gasteiger partial charge is 0.471 e. The van der Waals surface area contributed by atoms with Crippen LogP contribution in [0.3, 0.4) is 0 Å². The van der Waals surface area contributed by atoms with Gasteiger partial charge in [-0.05, 0) is 0 Å². The standard InChI is InChI=1S/C6H8F5NO2/c7-4(8)3-12(1-2-13)5(14)6(9,10)11/h4,13H,1-3H2. The first-order chi connectivity index (χ1) is 6.29. The zero-order chi connectivity index (χ0) is 11.4. The van der Waals surface area contributed by atoms with Crippen molar-refractivity contribution >= 4 is 5.91 Å². The van der Waals surface area contributed by atoms with E-state index in [1.165, 1.54) is 0 Å². The summed E-state index contributed by atoms with van der Waals surface area (Å²) in [5.74, 6) is -2.37. The fraction of sp³-hybridized carbons (Fsp3) is 0.833. The van der Waals surface area contributed by atoms with Crippen LogP contribution in [0.4, 0.5) is 22.0 Å². The first-order valence-corrected chi connectivity index (χ1v) is 3.54. The minimum atomic E-state index is -5.19. The molecule has 1 N–H and O–H groups in total. The minimum absolute atomic E-state index is 0.134. The molecule has 8 heteroatoms. The van der Waals surface area contributed by atoms with Crippen molar-refractivity contribution < 1.29 is 31.9 Å². The van der Waals surface area contributed by atoms with E-state index >= 15 is 0 Å². The highest BCUT2D eigenvalue weighted by molar-refractivity contribution is 5.81. The van der Waals surface area contributed by atoms with Crippen molar-refractivity contribution in [1.82, 2.24) is 4.90 Å². The van der Waals surface area contributed by atoms with Gasteiger partial charge in [-0.2, -0.15) is 13.2 Å². The highest BCUT2D eigenvalue weighted by Gasteiger charge is 2.42. The van der Waals surface area contributed by atoms with Crippen molar-refractivity contribution in [2.75, 3.05) is 19.7 Å². The smallest absolute Gasteiger partial charge is 0.395 e. The van der Waals surface area contributed by atoms with E-state index in [2.05, 4.69) is 0 Å². The molecule has 0 bridgehead atoms. The molecule has 0 saturated heterocycles. The Kier molecular flexibility index (Phi) is 4.75. The molecular formula is C6H8F5NO2. The lowest BCUT2D eigenvalue weighted by molar-refractivity contribution is -0.187. The summed E-state index contributed by atoms with van der Waals surface area (Å²) in [6.07, 6.45) is -8.25. The van der Waals surface area contributed by atoms with E-state index in [1.807, 2.05) is 0 Å². The van der Waals surface area contributed by atoms with Gasteiger partial charge in [0.2, 0.25) is 0 Å². The number of hydrogen-bond acceptors (Lipinski definition) is 2. The number of rotatable bonds is 4. The Bertz CT molecular complexity index is 193. The molecule has 0 spiro atoms. The van der Waals surface area contributed by atoms with Crippen LogP contribution in [0.5, 0.6) is 0 Å². The quantitative estimate of drug-likeness (QED) is 0.707. The van der Waals surface area contributed by atoms with Crippen molar-refractivity contribution in [1.29, 1.82) is 0 Å². The average Bonchev–Trinajstić information content (AvgIpc) is 2.00. The summed E-state index contributed by atoms with van der Waals surface area (Å²) >= 11 is 0. The maximum atomic E-state index is 11.8. The first kappa shape index (κ1) is 13.1. The molecule has 0 unspecified atom stereocenters. The minimum Gasteiger partial charge on any atom is -0.395 e. The molecule has 3 nitrogen and oxygen atoms in total. The molecule has 0 heterocycles. The van der Waals surface area contributed by atoms with Crippen LogP contribution in [0.15, 0.2) is 0 Å². The molecule has 0 rings (SSSR count). The molecule has 0 aliphatic rings. The highest BCUT2D eigenvalue weighted by atomic mass is 19.4.